The maximum absolute atomic E-state index is 10.4. The number of nitrogens with two attached hydrogens (primary N) is 1. The molecule has 0 fully saturated rings. The van der Waals surface area contributed by atoms with Crippen LogP contribution in [0.25, 0.3) is 0 Å². The first-order chi connectivity index (χ1) is 9.47. The molecule has 0 saturated heterocycles. The van der Waals surface area contributed by atoms with Crippen molar-refractivity contribution in [1.29, 1.82) is 0 Å². The van der Waals surface area contributed by atoms with Crippen molar-refractivity contribution in [3.05, 3.63) is 54.1 Å². The van der Waals surface area contributed by atoms with Gasteiger partial charge in [0.25, 0.3) is 0 Å². The van der Waals surface area contributed by atoms with Gasteiger partial charge in [-0.15, -0.1) is 0 Å². The van der Waals surface area contributed by atoms with Crippen LogP contribution in [-0.4, -0.2) is 19.3 Å². The number of hydrogen-bond acceptors (Lipinski definition) is 4. The maximum Gasteiger partial charge on any atom is 0.192 e. The molecule has 1 heterocycles. The second kappa shape index (κ2) is 5.96. The van der Waals surface area contributed by atoms with Crippen LogP contribution in [0.4, 0.5) is 11.4 Å². The highest BCUT2D eigenvalue weighted by atomic mass is 32.2. The van der Waals surface area contributed by atoms with Gasteiger partial charge in [0, 0.05) is 6.07 Å². The van der Waals surface area contributed by atoms with E-state index in [4.69, 9.17) is 0 Å². The van der Waals surface area contributed by atoms with Crippen LogP contribution in [0.1, 0.15) is 5.56 Å². The van der Waals surface area contributed by atoms with Crippen LogP contribution in [0.3, 0.4) is 0 Å². The van der Waals surface area contributed by atoms with Gasteiger partial charge in [0.15, 0.2) is 12.0 Å². The third kappa shape index (κ3) is 3.74. The molecule has 0 aromatic heterocycles. The smallest absolute Gasteiger partial charge is 0.192 e. The molecule has 3 rings (SSSR count). The Bertz CT molecular complexity index is 722. The Morgan fingerprint density at radius 3 is 2.30 bits per heavy atom. The molecule has 2 aromatic rings. The zero-order valence-electron chi connectivity index (χ0n) is 10.9. The molecule has 20 heavy (non-hydrogen) atoms. The Labute approximate surface area is 117 Å². The molecule has 104 valence electrons. The van der Waals surface area contributed by atoms with E-state index in [1.165, 1.54) is 17.8 Å². The van der Waals surface area contributed by atoms with Crippen molar-refractivity contribution in [2.75, 3.05) is 0 Å². The van der Waals surface area contributed by atoms with Crippen molar-refractivity contribution >= 4 is 27.8 Å². The van der Waals surface area contributed by atoms with Crippen LogP contribution in [0, 0.1) is 6.92 Å². The van der Waals surface area contributed by atoms with Crippen LogP contribution in [0.2, 0.25) is 0 Å². The van der Waals surface area contributed by atoms with Crippen LogP contribution in [0.15, 0.2) is 58.4 Å². The van der Waals surface area contributed by atoms with Crippen molar-refractivity contribution in [2.24, 2.45) is 4.99 Å². The molecule has 0 spiro atoms. The molecule has 0 saturated carbocycles. The fourth-order valence-corrected chi connectivity index (χ4v) is 2.12. The number of aliphatic imine (C=N–C) groups is 1. The van der Waals surface area contributed by atoms with Crippen LogP contribution in [0.5, 0.6) is 0 Å². The zero-order chi connectivity index (χ0) is 14.6. The molecule has 5 nitrogen and oxygen atoms in total. The van der Waals surface area contributed by atoms with E-state index in [0.717, 1.165) is 11.3 Å². The quantitative estimate of drug-likeness (QED) is 0.637. The van der Waals surface area contributed by atoms with E-state index in [9.17, 15) is 13.0 Å². The lowest BCUT2D eigenvalue weighted by molar-refractivity contribution is -0.427. The molecule has 0 unspecified atom stereocenters. The minimum atomic E-state index is -4.27. The number of nitrogens with zero attached hydrogens (tertiary/aromatic N) is 1. The monoisotopic (exact) mass is 290 g/mol. The van der Waals surface area contributed by atoms with Crippen molar-refractivity contribution in [1.82, 2.24) is 0 Å². The average molecular weight is 290 g/mol. The molecule has 0 atom stereocenters. The van der Waals surface area contributed by atoms with Crippen LogP contribution >= 0.6 is 0 Å². The zero-order valence-corrected chi connectivity index (χ0v) is 11.7. The molecule has 1 aliphatic heterocycles. The largest absolute Gasteiger partial charge is 0.744 e. The third-order valence-corrected chi connectivity index (χ3v) is 3.56. The molecular weight excluding hydrogens is 276 g/mol. The van der Waals surface area contributed by atoms with Gasteiger partial charge < -0.3 is 4.55 Å². The highest BCUT2D eigenvalue weighted by Crippen LogP contribution is 2.20. The normalized spacial score (nSPS) is 12.5. The standard InChI is InChI=1S/C7H6N2.C7H8O3S/c1-2-4-7-6(3-1)8-5-9-7;1-6-2-4-7(5-3-6)11(8,9)10/h1-5H,(H,8,9);2-5H,1H3,(H,8,9,10). The molecule has 6 heteroatoms. The molecule has 0 amide bonds. The lowest BCUT2D eigenvalue weighted by Crippen LogP contribution is -2.74. The Morgan fingerprint density at radius 2 is 1.70 bits per heavy atom. The number of quaternary nitrogens is 1. The second-order valence-corrected chi connectivity index (χ2v) is 5.65. The van der Waals surface area contributed by atoms with Gasteiger partial charge in [-0.3, -0.25) is 5.32 Å². The van der Waals surface area contributed by atoms with E-state index in [2.05, 4.69) is 11.1 Å². The van der Waals surface area contributed by atoms with E-state index in [1.54, 1.807) is 12.1 Å². The van der Waals surface area contributed by atoms with Gasteiger partial charge in [-0.1, -0.05) is 29.8 Å². The minimum Gasteiger partial charge on any atom is -0.744 e. The van der Waals surface area contributed by atoms with Gasteiger partial charge in [0.05, 0.1) is 4.90 Å². The van der Waals surface area contributed by atoms with E-state index < -0.39 is 10.1 Å². The molecule has 1 aliphatic rings. The van der Waals surface area contributed by atoms with Gasteiger partial charge >= 0.3 is 0 Å². The summed E-state index contributed by atoms with van der Waals surface area (Å²) in [6.45, 7) is 1.82. The summed E-state index contributed by atoms with van der Waals surface area (Å²) in [7, 11) is -4.27. The topological polar surface area (TPSA) is 86.2 Å². The number of hydrogen-bond donors (Lipinski definition) is 1. The predicted molar refractivity (Wildman–Crippen MR) is 75.3 cm³/mol. The highest BCUT2D eigenvalue weighted by Gasteiger charge is 2.06. The molecular formula is C14H14N2O3S. The van der Waals surface area contributed by atoms with Gasteiger partial charge in [-0.2, -0.15) is 4.99 Å². The van der Waals surface area contributed by atoms with E-state index in [0.29, 0.717) is 0 Å². The number of rotatable bonds is 1. The Hall–Kier alpha value is -2.02. The summed E-state index contributed by atoms with van der Waals surface area (Å²) < 4.78 is 31.2. The first-order valence-corrected chi connectivity index (χ1v) is 7.36. The summed E-state index contributed by atoms with van der Waals surface area (Å²) >= 11 is 0. The first kappa shape index (κ1) is 14.4. The number of benzene rings is 2. The summed E-state index contributed by atoms with van der Waals surface area (Å²) in [4.78, 5) is 3.94. The average Bonchev–Trinajstić information content (AvgIpc) is 2.87. The number of aryl methyl sites for hydroxylation is 1. The van der Waals surface area contributed by atoms with Crippen molar-refractivity contribution < 1.29 is 18.3 Å². The number of fused-ring (bicyclic) bond motifs is 1. The number of para-hydroxylation sites is 2. The summed E-state index contributed by atoms with van der Waals surface area (Å²) in [5.41, 5.74) is 3.23. The fraction of sp³-hybridized carbons (Fsp3) is 0.0714. The maximum atomic E-state index is 10.4. The van der Waals surface area contributed by atoms with Crippen molar-refractivity contribution in [2.45, 2.75) is 11.8 Å². The minimum absolute atomic E-state index is 0.178. The summed E-state index contributed by atoms with van der Waals surface area (Å²) in [6.07, 6.45) is 1.82. The molecule has 2 aromatic carbocycles. The van der Waals surface area contributed by atoms with Crippen molar-refractivity contribution in [3.63, 3.8) is 0 Å². The van der Waals surface area contributed by atoms with E-state index >= 15 is 0 Å². The fourth-order valence-electron chi connectivity index (χ4n) is 1.65. The van der Waals surface area contributed by atoms with Gasteiger partial charge in [0.2, 0.25) is 0 Å². The first-order valence-electron chi connectivity index (χ1n) is 5.96. The van der Waals surface area contributed by atoms with Crippen molar-refractivity contribution in [3.8, 4) is 0 Å². The molecule has 0 aliphatic carbocycles. The second-order valence-electron chi connectivity index (χ2n) is 4.27. The highest BCUT2D eigenvalue weighted by molar-refractivity contribution is 7.85. The van der Waals surface area contributed by atoms with E-state index in [-0.39, 0.29) is 4.90 Å². The SMILES string of the molecule is C1=Nc2ccccc2[NH2+]1.Cc1ccc(S(=O)(=O)[O-])cc1. The Morgan fingerprint density at radius 1 is 1.05 bits per heavy atom. The van der Waals surface area contributed by atoms with Crippen LogP contribution < -0.4 is 5.32 Å². The summed E-state index contributed by atoms with van der Waals surface area (Å²) in [5.74, 6) is 0. The Balaban J connectivity index is 0.000000149. The molecule has 0 radical (unpaired) electrons. The Kier molecular flexibility index (Phi) is 4.29. The van der Waals surface area contributed by atoms with Gasteiger partial charge in [0.1, 0.15) is 15.8 Å². The van der Waals surface area contributed by atoms with Gasteiger partial charge in [-0.25, -0.2) is 8.42 Å². The lowest BCUT2D eigenvalue weighted by atomic mass is 10.2. The van der Waals surface area contributed by atoms with Gasteiger partial charge in [-0.05, 0) is 25.1 Å². The lowest BCUT2D eigenvalue weighted by Gasteiger charge is -2.05. The van der Waals surface area contributed by atoms with Crippen LogP contribution in [-0.2, 0) is 10.1 Å². The molecule has 2 N–H and O–H groups in total. The summed E-state index contributed by atoms with van der Waals surface area (Å²) in [6, 6.07) is 13.9. The van der Waals surface area contributed by atoms with E-state index in [1.807, 2.05) is 36.8 Å². The third-order valence-electron chi connectivity index (χ3n) is 2.71. The predicted octanol–water partition coefficient (Wildman–Crippen LogP) is 1.45. The summed E-state index contributed by atoms with van der Waals surface area (Å²) in [5, 5.41) is 2.01. The molecule has 0 bridgehead atoms.